The Balaban J connectivity index is 2.08. The molecule has 0 aromatic heterocycles. The van der Waals surface area contributed by atoms with E-state index in [9.17, 15) is 4.79 Å². The number of ether oxygens (including phenoxy) is 3. The molecule has 5 heteroatoms. The fraction of sp³-hybridized carbons (Fsp3) is 0.409. The number of benzene rings is 2. The van der Waals surface area contributed by atoms with Crippen molar-refractivity contribution in [3.63, 3.8) is 0 Å². The predicted octanol–water partition coefficient (Wildman–Crippen LogP) is 4.36. The highest BCUT2D eigenvalue weighted by molar-refractivity contribution is 5.81. The molecule has 0 aliphatic heterocycles. The number of nitrogens with one attached hydrogen (secondary N) is 1. The molecule has 0 spiro atoms. The van der Waals surface area contributed by atoms with Gasteiger partial charge in [-0.15, -0.1) is 0 Å². The molecular weight excluding hydrogens is 342 g/mol. The normalized spacial score (nSPS) is 12.8. The molecule has 0 bridgehead atoms. The number of methoxy groups -OCH3 is 2. The number of carbonyl (C=O) groups is 1. The van der Waals surface area contributed by atoms with Crippen molar-refractivity contribution in [2.45, 2.75) is 46.3 Å². The maximum Gasteiger partial charge on any atom is 0.261 e. The smallest absolute Gasteiger partial charge is 0.261 e. The van der Waals surface area contributed by atoms with Crippen molar-refractivity contribution in [3.8, 4) is 17.2 Å². The van der Waals surface area contributed by atoms with Crippen molar-refractivity contribution in [1.29, 1.82) is 0 Å². The van der Waals surface area contributed by atoms with Crippen LogP contribution in [-0.4, -0.2) is 26.2 Å². The van der Waals surface area contributed by atoms with Crippen LogP contribution in [0.25, 0.3) is 0 Å². The Bertz CT molecular complexity index is 788. The summed E-state index contributed by atoms with van der Waals surface area (Å²) in [5, 5.41) is 3.06. The Morgan fingerprint density at radius 1 is 1.00 bits per heavy atom. The second kappa shape index (κ2) is 9.31. The SMILES string of the molecule is CCC(NC(=O)C(C)Oc1ccc(C)c(C)c1)c1ccc(OC)c(OC)c1. The number of hydrogen-bond acceptors (Lipinski definition) is 4. The Morgan fingerprint density at radius 2 is 1.70 bits per heavy atom. The number of aryl methyl sites for hydroxylation is 2. The Hall–Kier alpha value is -2.69. The topological polar surface area (TPSA) is 56.8 Å². The van der Waals surface area contributed by atoms with Crippen LogP contribution in [0, 0.1) is 13.8 Å². The van der Waals surface area contributed by atoms with Gasteiger partial charge in [0, 0.05) is 0 Å². The molecule has 1 N–H and O–H groups in total. The van der Waals surface area contributed by atoms with E-state index >= 15 is 0 Å². The van der Waals surface area contributed by atoms with Crippen LogP contribution in [0.5, 0.6) is 17.2 Å². The van der Waals surface area contributed by atoms with Gasteiger partial charge in [0.15, 0.2) is 17.6 Å². The maximum atomic E-state index is 12.6. The van der Waals surface area contributed by atoms with Crippen LogP contribution >= 0.6 is 0 Å². The van der Waals surface area contributed by atoms with Gasteiger partial charge in [0.2, 0.25) is 0 Å². The minimum Gasteiger partial charge on any atom is -0.493 e. The van der Waals surface area contributed by atoms with Crippen LogP contribution in [-0.2, 0) is 4.79 Å². The van der Waals surface area contributed by atoms with Crippen molar-refractivity contribution < 1.29 is 19.0 Å². The highest BCUT2D eigenvalue weighted by atomic mass is 16.5. The third-order valence-corrected chi connectivity index (χ3v) is 4.70. The van der Waals surface area contributed by atoms with Crippen LogP contribution in [0.4, 0.5) is 0 Å². The van der Waals surface area contributed by atoms with Crippen molar-refractivity contribution in [2.75, 3.05) is 14.2 Å². The lowest BCUT2D eigenvalue weighted by atomic mass is 10.0. The average Bonchev–Trinajstić information content (AvgIpc) is 2.68. The fourth-order valence-corrected chi connectivity index (χ4v) is 2.82. The van der Waals surface area contributed by atoms with E-state index in [1.165, 1.54) is 5.56 Å². The molecule has 27 heavy (non-hydrogen) atoms. The number of hydrogen-bond donors (Lipinski definition) is 1. The standard InChI is InChI=1S/C22H29NO4/c1-7-19(17-9-11-20(25-5)21(13-17)26-6)23-22(24)16(4)27-18-10-8-14(2)15(3)12-18/h8-13,16,19H,7H2,1-6H3,(H,23,24). The van der Waals surface area contributed by atoms with Gasteiger partial charge in [-0.1, -0.05) is 19.1 Å². The molecular formula is C22H29NO4. The van der Waals surface area contributed by atoms with Gasteiger partial charge < -0.3 is 19.5 Å². The summed E-state index contributed by atoms with van der Waals surface area (Å²) in [6.07, 6.45) is 0.152. The lowest BCUT2D eigenvalue weighted by Crippen LogP contribution is -2.38. The molecule has 0 heterocycles. The molecule has 0 aliphatic carbocycles. The molecule has 0 aliphatic rings. The summed E-state index contributed by atoms with van der Waals surface area (Å²) in [5.41, 5.74) is 3.29. The summed E-state index contributed by atoms with van der Waals surface area (Å²) in [5.74, 6) is 1.84. The number of carbonyl (C=O) groups excluding carboxylic acids is 1. The molecule has 0 fully saturated rings. The minimum atomic E-state index is -0.596. The second-order valence-electron chi connectivity index (χ2n) is 6.59. The average molecular weight is 371 g/mol. The predicted molar refractivity (Wildman–Crippen MR) is 107 cm³/mol. The molecule has 2 aromatic rings. The lowest BCUT2D eigenvalue weighted by molar-refractivity contribution is -0.128. The largest absolute Gasteiger partial charge is 0.493 e. The zero-order valence-electron chi connectivity index (χ0n) is 17.0. The van der Waals surface area contributed by atoms with Gasteiger partial charge in [-0.3, -0.25) is 4.79 Å². The van der Waals surface area contributed by atoms with E-state index < -0.39 is 6.10 Å². The van der Waals surface area contributed by atoms with E-state index in [0.29, 0.717) is 17.2 Å². The summed E-state index contributed by atoms with van der Waals surface area (Å²) in [7, 11) is 3.20. The summed E-state index contributed by atoms with van der Waals surface area (Å²) in [4.78, 5) is 12.6. The van der Waals surface area contributed by atoms with Gasteiger partial charge in [-0.25, -0.2) is 0 Å². The monoisotopic (exact) mass is 371 g/mol. The molecule has 146 valence electrons. The molecule has 2 aromatic carbocycles. The number of rotatable bonds is 8. The maximum absolute atomic E-state index is 12.6. The van der Waals surface area contributed by atoms with E-state index in [2.05, 4.69) is 5.32 Å². The van der Waals surface area contributed by atoms with E-state index in [1.54, 1.807) is 21.1 Å². The molecule has 1 amide bonds. The third-order valence-electron chi connectivity index (χ3n) is 4.70. The zero-order chi connectivity index (χ0) is 20.0. The van der Waals surface area contributed by atoms with Crippen molar-refractivity contribution in [1.82, 2.24) is 5.32 Å². The van der Waals surface area contributed by atoms with E-state index in [4.69, 9.17) is 14.2 Å². The van der Waals surface area contributed by atoms with E-state index in [1.807, 2.05) is 57.2 Å². The summed E-state index contributed by atoms with van der Waals surface area (Å²) < 4.78 is 16.5. The molecule has 5 nitrogen and oxygen atoms in total. The minimum absolute atomic E-state index is 0.136. The molecule has 2 rings (SSSR count). The quantitative estimate of drug-likeness (QED) is 0.749. The van der Waals surface area contributed by atoms with Crippen LogP contribution in [0.2, 0.25) is 0 Å². The van der Waals surface area contributed by atoms with Gasteiger partial charge in [0.25, 0.3) is 5.91 Å². The lowest BCUT2D eigenvalue weighted by Gasteiger charge is -2.22. The highest BCUT2D eigenvalue weighted by Gasteiger charge is 2.20. The van der Waals surface area contributed by atoms with Gasteiger partial charge in [0.1, 0.15) is 5.75 Å². The first-order valence-electron chi connectivity index (χ1n) is 9.15. The molecule has 0 saturated carbocycles. The van der Waals surface area contributed by atoms with Crippen LogP contribution in [0.15, 0.2) is 36.4 Å². The van der Waals surface area contributed by atoms with E-state index in [-0.39, 0.29) is 11.9 Å². The third kappa shape index (κ3) is 5.16. The summed E-state index contributed by atoms with van der Waals surface area (Å²) in [6.45, 7) is 7.85. The zero-order valence-corrected chi connectivity index (χ0v) is 17.0. The highest BCUT2D eigenvalue weighted by Crippen LogP contribution is 2.31. The molecule has 2 unspecified atom stereocenters. The first kappa shape index (κ1) is 20.6. The van der Waals surface area contributed by atoms with Gasteiger partial charge >= 0.3 is 0 Å². The van der Waals surface area contributed by atoms with Gasteiger partial charge in [-0.2, -0.15) is 0 Å². The Kier molecular flexibility index (Phi) is 7.11. The molecule has 2 atom stereocenters. The number of amides is 1. The fourth-order valence-electron chi connectivity index (χ4n) is 2.82. The Morgan fingerprint density at radius 3 is 2.30 bits per heavy atom. The van der Waals surface area contributed by atoms with Gasteiger partial charge in [-0.05, 0) is 68.1 Å². The van der Waals surface area contributed by atoms with E-state index in [0.717, 1.165) is 17.5 Å². The molecule has 0 saturated heterocycles. The van der Waals surface area contributed by atoms with Crippen molar-refractivity contribution >= 4 is 5.91 Å². The summed E-state index contributed by atoms with van der Waals surface area (Å²) in [6, 6.07) is 11.4. The summed E-state index contributed by atoms with van der Waals surface area (Å²) >= 11 is 0. The van der Waals surface area contributed by atoms with Crippen molar-refractivity contribution in [3.05, 3.63) is 53.1 Å². The van der Waals surface area contributed by atoms with Crippen LogP contribution in [0.1, 0.15) is 43.0 Å². The van der Waals surface area contributed by atoms with Gasteiger partial charge in [0.05, 0.1) is 20.3 Å². The molecule has 0 radical (unpaired) electrons. The Labute approximate surface area is 161 Å². The first-order chi connectivity index (χ1) is 12.9. The first-order valence-corrected chi connectivity index (χ1v) is 9.15. The van der Waals surface area contributed by atoms with Crippen LogP contribution < -0.4 is 19.5 Å². The second-order valence-corrected chi connectivity index (χ2v) is 6.59. The van der Waals surface area contributed by atoms with Crippen LogP contribution in [0.3, 0.4) is 0 Å². The van der Waals surface area contributed by atoms with Crippen molar-refractivity contribution in [2.24, 2.45) is 0 Å².